The highest BCUT2D eigenvalue weighted by atomic mass is 28.4. The molecule has 0 heterocycles. The second-order valence-corrected chi connectivity index (χ2v) is 9.13. The second kappa shape index (κ2) is 17.2. The smallest absolute Gasteiger partial charge is 0.374 e. The van der Waals surface area contributed by atoms with Crippen LogP contribution in [0.2, 0.25) is 6.04 Å². The maximum atomic E-state index is 5.93. The quantitative estimate of drug-likeness (QED) is 0.263. The van der Waals surface area contributed by atoms with Crippen LogP contribution in [0.4, 0.5) is 0 Å². The van der Waals surface area contributed by atoms with Gasteiger partial charge in [-0.05, 0) is 46.7 Å². The molecule has 0 aromatic rings. The number of rotatable bonds is 18. The molecule has 0 atom stereocenters. The van der Waals surface area contributed by atoms with E-state index in [1.54, 1.807) is 0 Å². The minimum absolute atomic E-state index is 0.610. The molecule has 5 nitrogen and oxygen atoms in total. The lowest BCUT2D eigenvalue weighted by atomic mass is 10.3. The SMILES string of the molecule is C#CCN(CCCC)CCN(CC#C)CCC[Si](OCC)(OCC)OCC. The number of hydrogen-bond donors (Lipinski definition) is 0. The fourth-order valence-electron chi connectivity index (χ4n) is 2.98. The first-order valence-corrected chi connectivity index (χ1v) is 12.3. The van der Waals surface area contributed by atoms with Crippen LogP contribution in [0.5, 0.6) is 0 Å². The predicted molar refractivity (Wildman–Crippen MR) is 116 cm³/mol. The largest absolute Gasteiger partial charge is 0.500 e. The predicted octanol–water partition coefficient (Wildman–Crippen LogP) is 3.10. The van der Waals surface area contributed by atoms with E-state index in [1.807, 2.05) is 20.8 Å². The molecule has 0 saturated heterocycles. The van der Waals surface area contributed by atoms with Crippen molar-refractivity contribution in [2.24, 2.45) is 0 Å². The first-order chi connectivity index (χ1) is 13.1. The molecule has 0 amide bonds. The third kappa shape index (κ3) is 12.3. The van der Waals surface area contributed by atoms with E-state index in [9.17, 15) is 0 Å². The van der Waals surface area contributed by atoms with Gasteiger partial charge in [-0.2, -0.15) is 0 Å². The van der Waals surface area contributed by atoms with Gasteiger partial charge in [0, 0.05) is 39.0 Å². The van der Waals surface area contributed by atoms with Crippen molar-refractivity contribution in [3.63, 3.8) is 0 Å². The van der Waals surface area contributed by atoms with Gasteiger partial charge in [0.25, 0.3) is 0 Å². The molecule has 0 bridgehead atoms. The molecule has 0 aromatic carbocycles. The van der Waals surface area contributed by atoms with Gasteiger partial charge in [-0.15, -0.1) is 12.8 Å². The van der Waals surface area contributed by atoms with Crippen LogP contribution in [0.15, 0.2) is 0 Å². The highest BCUT2D eigenvalue weighted by Crippen LogP contribution is 2.18. The Bertz CT molecular complexity index is 417. The van der Waals surface area contributed by atoms with Gasteiger partial charge in [-0.3, -0.25) is 9.80 Å². The minimum Gasteiger partial charge on any atom is -0.374 e. The highest BCUT2D eigenvalue weighted by molar-refractivity contribution is 6.60. The molecule has 0 saturated carbocycles. The van der Waals surface area contributed by atoms with Crippen LogP contribution in [0.1, 0.15) is 47.0 Å². The zero-order chi connectivity index (χ0) is 20.4. The maximum absolute atomic E-state index is 5.93. The summed E-state index contributed by atoms with van der Waals surface area (Å²) in [5.74, 6) is 5.54. The third-order valence-electron chi connectivity index (χ3n) is 4.24. The van der Waals surface area contributed by atoms with Crippen molar-refractivity contribution >= 4 is 8.80 Å². The lowest BCUT2D eigenvalue weighted by Gasteiger charge is -2.30. The average Bonchev–Trinajstić information content (AvgIpc) is 2.64. The van der Waals surface area contributed by atoms with Gasteiger partial charge in [0.2, 0.25) is 0 Å². The van der Waals surface area contributed by atoms with Crippen LogP contribution in [0, 0.1) is 24.7 Å². The minimum atomic E-state index is -2.58. The molecule has 0 aliphatic carbocycles. The first kappa shape index (κ1) is 26.1. The zero-order valence-electron chi connectivity index (χ0n) is 18.0. The topological polar surface area (TPSA) is 34.2 Å². The fourth-order valence-corrected chi connectivity index (χ4v) is 5.58. The first-order valence-electron chi connectivity index (χ1n) is 10.3. The Morgan fingerprint density at radius 1 is 0.704 bits per heavy atom. The molecule has 0 aliphatic heterocycles. The van der Waals surface area contributed by atoms with E-state index in [4.69, 9.17) is 26.1 Å². The average molecular weight is 397 g/mol. The Balaban J connectivity index is 4.61. The van der Waals surface area contributed by atoms with Crippen LogP contribution < -0.4 is 0 Å². The van der Waals surface area contributed by atoms with E-state index >= 15 is 0 Å². The molecule has 6 heteroatoms. The normalized spacial score (nSPS) is 11.7. The summed E-state index contributed by atoms with van der Waals surface area (Å²) in [6.45, 7) is 15.1. The summed E-state index contributed by atoms with van der Waals surface area (Å²) in [4.78, 5) is 4.63. The van der Waals surface area contributed by atoms with Crippen LogP contribution in [-0.4, -0.2) is 77.7 Å². The highest BCUT2D eigenvalue weighted by Gasteiger charge is 2.39. The van der Waals surface area contributed by atoms with Crippen molar-refractivity contribution in [2.45, 2.75) is 53.0 Å². The number of terminal acetylenes is 2. The summed E-state index contributed by atoms with van der Waals surface area (Å²) >= 11 is 0. The van der Waals surface area contributed by atoms with Gasteiger partial charge in [0.15, 0.2) is 0 Å². The molecule has 0 aromatic heterocycles. The standard InChI is InChI=1S/C21H40N2O3Si/c1-7-13-17-22(15-8-2)19-20-23(16-9-3)18-14-21-27(24-10-4,25-11-5)26-12-6/h2-3H,7,10-21H2,1,4-6H3. The van der Waals surface area contributed by atoms with Crippen LogP contribution in [0.25, 0.3) is 0 Å². The van der Waals surface area contributed by atoms with Gasteiger partial charge in [0.1, 0.15) is 0 Å². The van der Waals surface area contributed by atoms with Crippen molar-refractivity contribution < 1.29 is 13.3 Å². The number of nitrogens with zero attached hydrogens (tertiary/aromatic N) is 2. The second-order valence-electron chi connectivity index (χ2n) is 6.40. The molecule has 0 aliphatic rings. The molecule has 156 valence electrons. The summed E-state index contributed by atoms with van der Waals surface area (Å²) in [6, 6.07) is 0.813. The molecule has 0 unspecified atom stereocenters. The van der Waals surface area contributed by atoms with E-state index in [-0.39, 0.29) is 0 Å². The van der Waals surface area contributed by atoms with E-state index in [2.05, 4.69) is 28.6 Å². The van der Waals surface area contributed by atoms with E-state index in [0.29, 0.717) is 32.9 Å². The molecule has 27 heavy (non-hydrogen) atoms. The molecule has 0 radical (unpaired) electrons. The lowest BCUT2D eigenvalue weighted by molar-refractivity contribution is 0.0699. The molecule has 0 N–H and O–H groups in total. The number of unbranched alkanes of at least 4 members (excludes halogenated alkanes) is 1. The monoisotopic (exact) mass is 396 g/mol. The van der Waals surface area contributed by atoms with Gasteiger partial charge < -0.3 is 13.3 Å². The lowest BCUT2D eigenvalue weighted by Crippen LogP contribution is -2.46. The van der Waals surface area contributed by atoms with Crippen molar-refractivity contribution in [3.8, 4) is 24.7 Å². The molecular weight excluding hydrogens is 356 g/mol. The molecule has 0 rings (SSSR count). The van der Waals surface area contributed by atoms with Gasteiger partial charge in [0.05, 0.1) is 13.1 Å². The molecule has 0 fully saturated rings. The summed E-state index contributed by atoms with van der Waals surface area (Å²) in [6.07, 6.45) is 14.4. The summed E-state index contributed by atoms with van der Waals surface area (Å²) in [7, 11) is -2.58. The molecular formula is C21H40N2O3Si. The van der Waals surface area contributed by atoms with Crippen molar-refractivity contribution in [3.05, 3.63) is 0 Å². The van der Waals surface area contributed by atoms with Gasteiger partial charge >= 0.3 is 8.80 Å². The Morgan fingerprint density at radius 2 is 1.15 bits per heavy atom. The summed E-state index contributed by atoms with van der Waals surface area (Å²) < 4.78 is 17.8. The van der Waals surface area contributed by atoms with Crippen LogP contribution in [0.3, 0.4) is 0 Å². The fraction of sp³-hybridized carbons (Fsp3) is 0.810. The van der Waals surface area contributed by atoms with Crippen molar-refractivity contribution in [1.82, 2.24) is 9.80 Å². The van der Waals surface area contributed by atoms with Crippen molar-refractivity contribution in [2.75, 3.05) is 59.1 Å². The Hall–Kier alpha value is -0.863. The Morgan fingerprint density at radius 3 is 1.52 bits per heavy atom. The van der Waals surface area contributed by atoms with Crippen molar-refractivity contribution in [1.29, 1.82) is 0 Å². The summed E-state index contributed by atoms with van der Waals surface area (Å²) in [5, 5.41) is 0. The maximum Gasteiger partial charge on any atom is 0.500 e. The zero-order valence-corrected chi connectivity index (χ0v) is 19.0. The third-order valence-corrected chi connectivity index (χ3v) is 7.39. The summed E-state index contributed by atoms with van der Waals surface area (Å²) in [5.41, 5.74) is 0. The van der Waals surface area contributed by atoms with Crippen LogP contribution >= 0.6 is 0 Å². The van der Waals surface area contributed by atoms with Crippen LogP contribution in [-0.2, 0) is 13.3 Å². The van der Waals surface area contributed by atoms with E-state index in [0.717, 1.165) is 38.6 Å². The van der Waals surface area contributed by atoms with E-state index < -0.39 is 8.80 Å². The van der Waals surface area contributed by atoms with Gasteiger partial charge in [-0.25, -0.2) is 0 Å². The number of hydrogen-bond acceptors (Lipinski definition) is 5. The Kier molecular flexibility index (Phi) is 16.7. The Labute approximate surface area is 169 Å². The van der Waals surface area contributed by atoms with E-state index in [1.165, 1.54) is 12.8 Å². The van der Waals surface area contributed by atoms with Gasteiger partial charge in [-0.1, -0.05) is 25.2 Å². The molecule has 0 spiro atoms.